The normalized spacial score (nSPS) is 21.7. The van der Waals surface area contributed by atoms with Crippen molar-refractivity contribution in [2.24, 2.45) is 5.41 Å². The van der Waals surface area contributed by atoms with Crippen molar-refractivity contribution < 1.29 is 4.79 Å². The monoisotopic (exact) mass is 338 g/mol. The number of piperidine rings is 1. The van der Waals surface area contributed by atoms with E-state index in [4.69, 9.17) is 0 Å². The lowest BCUT2D eigenvalue weighted by atomic mass is 9.96. The van der Waals surface area contributed by atoms with Gasteiger partial charge in [-0.3, -0.25) is 9.48 Å². The second-order valence-corrected chi connectivity index (χ2v) is 7.53. The number of carbonyl (C=O) groups is 1. The minimum Gasteiger partial charge on any atom is -0.350 e. The van der Waals surface area contributed by atoms with Crippen LogP contribution >= 0.6 is 0 Å². The molecule has 132 valence electrons. The van der Waals surface area contributed by atoms with Crippen LogP contribution in [0, 0.1) is 5.41 Å². The predicted octanol–water partition coefficient (Wildman–Crippen LogP) is 2.56. The fourth-order valence-electron chi connectivity index (χ4n) is 3.70. The Bertz CT molecular complexity index is 714. The molecule has 1 atom stereocenters. The number of nitrogens with one attached hydrogen (secondary N) is 2. The maximum Gasteiger partial charge on any atom is 0.271 e. The van der Waals surface area contributed by atoms with Gasteiger partial charge in [0.1, 0.15) is 5.69 Å². The zero-order chi connectivity index (χ0) is 17.1. The molecule has 1 aliphatic carbocycles. The van der Waals surface area contributed by atoms with Gasteiger partial charge in [0, 0.05) is 19.3 Å². The lowest BCUT2D eigenvalue weighted by Gasteiger charge is -2.22. The zero-order valence-electron chi connectivity index (χ0n) is 14.6. The van der Waals surface area contributed by atoms with Crippen LogP contribution in [0.15, 0.2) is 42.6 Å². The number of rotatable bonds is 6. The highest BCUT2D eigenvalue weighted by Gasteiger charge is 2.42. The Labute approximate surface area is 148 Å². The van der Waals surface area contributed by atoms with E-state index in [2.05, 4.69) is 40.0 Å². The number of carbonyl (C=O) groups excluding carboxylic acids is 1. The number of nitrogens with zero attached hydrogens (tertiary/aromatic N) is 2. The van der Waals surface area contributed by atoms with Crippen LogP contribution in [-0.4, -0.2) is 35.3 Å². The third-order valence-electron chi connectivity index (χ3n) is 5.49. The third-order valence-corrected chi connectivity index (χ3v) is 5.49. The largest absolute Gasteiger partial charge is 0.350 e. The first-order valence-corrected chi connectivity index (χ1v) is 9.32. The van der Waals surface area contributed by atoms with Gasteiger partial charge in [0.15, 0.2) is 0 Å². The van der Waals surface area contributed by atoms with Gasteiger partial charge in [0.05, 0.1) is 6.04 Å². The summed E-state index contributed by atoms with van der Waals surface area (Å²) < 4.78 is 1.94. The van der Waals surface area contributed by atoms with Crippen LogP contribution in [-0.2, 0) is 6.42 Å². The summed E-state index contributed by atoms with van der Waals surface area (Å²) >= 11 is 0. The van der Waals surface area contributed by atoms with E-state index in [-0.39, 0.29) is 11.3 Å². The summed E-state index contributed by atoms with van der Waals surface area (Å²) in [7, 11) is 0. The first-order chi connectivity index (χ1) is 12.2. The number of hydrogen-bond donors (Lipinski definition) is 2. The van der Waals surface area contributed by atoms with Crippen molar-refractivity contribution in [1.29, 1.82) is 0 Å². The second-order valence-electron chi connectivity index (χ2n) is 7.53. The molecule has 4 rings (SSSR count). The fourth-order valence-corrected chi connectivity index (χ4v) is 3.70. The average molecular weight is 338 g/mol. The van der Waals surface area contributed by atoms with Crippen molar-refractivity contribution in [2.45, 2.75) is 38.1 Å². The molecule has 2 aliphatic rings. The maximum atomic E-state index is 12.5. The highest BCUT2D eigenvalue weighted by atomic mass is 16.1. The predicted molar refractivity (Wildman–Crippen MR) is 97.5 cm³/mol. The van der Waals surface area contributed by atoms with Gasteiger partial charge >= 0.3 is 0 Å². The molecule has 0 spiro atoms. The van der Waals surface area contributed by atoms with Crippen LogP contribution in [0.1, 0.15) is 47.8 Å². The van der Waals surface area contributed by atoms with Crippen LogP contribution in [0.2, 0.25) is 0 Å². The molecule has 2 fully saturated rings. The summed E-state index contributed by atoms with van der Waals surface area (Å²) in [4.78, 5) is 12.5. The van der Waals surface area contributed by atoms with Gasteiger partial charge in [-0.05, 0) is 55.7 Å². The van der Waals surface area contributed by atoms with Crippen molar-refractivity contribution >= 4 is 5.91 Å². The van der Waals surface area contributed by atoms with Crippen LogP contribution in [0.25, 0.3) is 0 Å². The lowest BCUT2D eigenvalue weighted by molar-refractivity contribution is 0.0938. The number of benzene rings is 1. The highest BCUT2D eigenvalue weighted by molar-refractivity contribution is 5.92. The van der Waals surface area contributed by atoms with E-state index < -0.39 is 0 Å². The molecule has 2 heterocycles. The Morgan fingerprint density at radius 1 is 1.28 bits per heavy atom. The molecule has 1 aromatic carbocycles. The molecular formula is C20H26N4O. The van der Waals surface area contributed by atoms with E-state index in [1.807, 2.05) is 23.0 Å². The summed E-state index contributed by atoms with van der Waals surface area (Å²) in [5.41, 5.74) is 2.12. The molecule has 2 N–H and O–H groups in total. The summed E-state index contributed by atoms with van der Waals surface area (Å²) in [6, 6.07) is 12.7. The minimum atomic E-state index is -0.0538. The molecule has 1 aliphatic heterocycles. The first kappa shape index (κ1) is 16.3. The molecular weight excluding hydrogens is 312 g/mol. The molecule has 1 saturated carbocycles. The third kappa shape index (κ3) is 3.93. The van der Waals surface area contributed by atoms with Crippen LogP contribution in [0.5, 0.6) is 0 Å². The molecule has 0 radical (unpaired) electrons. The van der Waals surface area contributed by atoms with Gasteiger partial charge in [0.25, 0.3) is 5.91 Å². The second kappa shape index (κ2) is 7.00. The van der Waals surface area contributed by atoms with Crippen molar-refractivity contribution in [3.05, 3.63) is 53.9 Å². The Morgan fingerprint density at radius 3 is 2.84 bits per heavy atom. The van der Waals surface area contributed by atoms with E-state index in [9.17, 15) is 4.79 Å². The highest BCUT2D eigenvalue weighted by Crippen LogP contribution is 2.47. The van der Waals surface area contributed by atoms with Crippen molar-refractivity contribution in [2.75, 3.05) is 19.6 Å². The molecule has 1 saturated heterocycles. The Kier molecular flexibility index (Phi) is 4.57. The summed E-state index contributed by atoms with van der Waals surface area (Å²) in [5, 5.41) is 11.0. The SMILES string of the molecule is O=C(NCC1(Cc2ccccc2)CC1)c1ccn(C2CCCNC2)n1. The first-order valence-electron chi connectivity index (χ1n) is 9.32. The van der Waals surface area contributed by atoms with E-state index in [0.29, 0.717) is 11.7 Å². The summed E-state index contributed by atoms with van der Waals surface area (Å²) in [5.74, 6) is -0.0538. The van der Waals surface area contributed by atoms with Gasteiger partial charge in [-0.15, -0.1) is 0 Å². The van der Waals surface area contributed by atoms with Gasteiger partial charge in [-0.2, -0.15) is 5.10 Å². The van der Waals surface area contributed by atoms with E-state index in [1.54, 1.807) is 0 Å². The molecule has 1 unspecified atom stereocenters. The molecule has 25 heavy (non-hydrogen) atoms. The average Bonchev–Trinajstić information content (AvgIpc) is 3.24. The molecule has 5 heteroatoms. The molecule has 0 bridgehead atoms. The van der Waals surface area contributed by atoms with Gasteiger partial charge in [-0.1, -0.05) is 30.3 Å². The maximum absolute atomic E-state index is 12.5. The lowest BCUT2D eigenvalue weighted by Crippen LogP contribution is -2.33. The quantitative estimate of drug-likeness (QED) is 0.851. The fraction of sp³-hybridized carbons (Fsp3) is 0.500. The van der Waals surface area contributed by atoms with Crippen molar-refractivity contribution in [3.8, 4) is 0 Å². The van der Waals surface area contributed by atoms with Gasteiger partial charge in [0.2, 0.25) is 0 Å². The van der Waals surface area contributed by atoms with E-state index in [0.717, 1.165) is 38.9 Å². The smallest absolute Gasteiger partial charge is 0.271 e. The van der Waals surface area contributed by atoms with Crippen LogP contribution in [0.4, 0.5) is 0 Å². The molecule has 2 aromatic rings. The van der Waals surface area contributed by atoms with Crippen LogP contribution < -0.4 is 10.6 Å². The Balaban J connectivity index is 1.32. The van der Waals surface area contributed by atoms with E-state index in [1.165, 1.54) is 18.4 Å². The molecule has 5 nitrogen and oxygen atoms in total. The number of aromatic nitrogens is 2. The number of amides is 1. The Hall–Kier alpha value is -2.14. The Morgan fingerprint density at radius 2 is 2.12 bits per heavy atom. The zero-order valence-corrected chi connectivity index (χ0v) is 14.6. The standard InChI is InChI=1S/C20H26N4O/c25-19(18-8-12-24(23-18)17-7-4-11-21-14-17)22-15-20(9-10-20)13-16-5-2-1-3-6-16/h1-3,5-6,8,12,17,21H,4,7,9-11,13-15H2,(H,22,25). The van der Waals surface area contributed by atoms with Crippen molar-refractivity contribution in [1.82, 2.24) is 20.4 Å². The molecule has 1 amide bonds. The number of hydrogen-bond acceptors (Lipinski definition) is 3. The minimum absolute atomic E-state index is 0.0538. The van der Waals surface area contributed by atoms with Gasteiger partial charge in [-0.25, -0.2) is 0 Å². The van der Waals surface area contributed by atoms with Gasteiger partial charge < -0.3 is 10.6 Å². The molecule has 1 aromatic heterocycles. The summed E-state index contributed by atoms with van der Waals surface area (Å²) in [6.45, 7) is 2.75. The summed E-state index contributed by atoms with van der Waals surface area (Å²) in [6.07, 6.45) is 7.62. The van der Waals surface area contributed by atoms with E-state index >= 15 is 0 Å². The topological polar surface area (TPSA) is 59.0 Å². The van der Waals surface area contributed by atoms with Crippen LogP contribution in [0.3, 0.4) is 0 Å². The van der Waals surface area contributed by atoms with Crippen molar-refractivity contribution in [3.63, 3.8) is 0 Å².